The molecule has 0 atom stereocenters. The number of nitrogens with zero attached hydrogens (tertiary/aromatic N) is 1. The molecule has 23 heavy (non-hydrogen) atoms. The van der Waals surface area contributed by atoms with Crippen molar-refractivity contribution in [3.63, 3.8) is 0 Å². The van der Waals surface area contributed by atoms with Gasteiger partial charge in [-0.3, -0.25) is 4.79 Å². The molecule has 0 aromatic heterocycles. The largest absolute Gasteiger partial charge is 0.491 e. The van der Waals surface area contributed by atoms with Crippen LogP contribution in [0.2, 0.25) is 0 Å². The number of carbonyl (C=O) groups excluding carboxylic acids is 1. The number of benzene rings is 2. The van der Waals surface area contributed by atoms with Crippen LogP contribution in [0.15, 0.2) is 54.6 Å². The third kappa shape index (κ3) is 5.64. The summed E-state index contributed by atoms with van der Waals surface area (Å²) in [6, 6.07) is 17.1. The topological polar surface area (TPSA) is 50.8 Å². The second kappa shape index (κ2) is 8.80. The summed E-state index contributed by atoms with van der Waals surface area (Å²) in [7, 11) is 3.52. The average Bonchev–Trinajstić information content (AvgIpc) is 2.57. The highest BCUT2D eigenvalue weighted by Gasteiger charge is 2.07. The normalized spacial score (nSPS) is 10.2. The van der Waals surface area contributed by atoms with E-state index >= 15 is 0 Å². The van der Waals surface area contributed by atoms with Crippen LogP contribution in [-0.2, 0) is 9.53 Å². The number of hydrogen-bond acceptors (Lipinski definition) is 4. The van der Waals surface area contributed by atoms with Crippen LogP contribution in [0.25, 0.3) is 0 Å². The van der Waals surface area contributed by atoms with Gasteiger partial charge in [0.15, 0.2) is 0 Å². The van der Waals surface area contributed by atoms with E-state index in [1.807, 2.05) is 66.5 Å². The van der Waals surface area contributed by atoms with E-state index in [1.165, 1.54) is 0 Å². The molecule has 0 saturated heterocycles. The van der Waals surface area contributed by atoms with E-state index in [9.17, 15) is 4.79 Å². The number of likely N-dealkylation sites (N-methyl/N-ethyl adjacent to an activating group) is 1. The maximum absolute atomic E-state index is 12.1. The van der Waals surface area contributed by atoms with Gasteiger partial charge in [-0.25, -0.2) is 0 Å². The fraction of sp³-hybridized carbons (Fsp3) is 0.278. The third-order valence-corrected chi connectivity index (χ3v) is 3.27. The summed E-state index contributed by atoms with van der Waals surface area (Å²) in [6.07, 6.45) is 0. The Hall–Kier alpha value is -2.53. The molecule has 5 heteroatoms. The number of para-hydroxylation sites is 1. The number of carbonyl (C=O) groups is 1. The fourth-order valence-electron chi connectivity index (χ4n) is 2.07. The SMILES string of the molecule is COCCOc1ccc(NC(=O)CN(C)c2ccccc2)cc1. The monoisotopic (exact) mass is 314 g/mol. The number of rotatable bonds is 8. The quantitative estimate of drug-likeness (QED) is 0.761. The minimum Gasteiger partial charge on any atom is -0.491 e. The highest BCUT2D eigenvalue weighted by atomic mass is 16.5. The van der Waals surface area contributed by atoms with Crippen molar-refractivity contribution in [3.8, 4) is 5.75 Å². The predicted octanol–water partition coefficient (Wildman–Crippen LogP) is 2.79. The van der Waals surface area contributed by atoms with Crippen LogP contribution >= 0.6 is 0 Å². The number of hydrogen-bond donors (Lipinski definition) is 1. The molecule has 5 nitrogen and oxygen atoms in total. The standard InChI is InChI=1S/C18H22N2O3/c1-20(16-6-4-3-5-7-16)14-18(21)19-15-8-10-17(11-9-15)23-13-12-22-2/h3-11H,12-14H2,1-2H3,(H,19,21). The Morgan fingerprint density at radius 3 is 2.39 bits per heavy atom. The molecule has 0 saturated carbocycles. The van der Waals surface area contributed by atoms with E-state index in [2.05, 4.69) is 5.32 Å². The van der Waals surface area contributed by atoms with Gasteiger partial charge >= 0.3 is 0 Å². The predicted molar refractivity (Wildman–Crippen MR) is 92.2 cm³/mol. The minimum atomic E-state index is -0.0654. The molecule has 1 N–H and O–H groups in total. The highest BCUT2D eigenvalue weighted by molar-refractivity contribution is 5.94. The van der Waals surface area contributed by atoms with E-state index in [1.54, 1.807) is 7.11 Å². The van der Waals surface area contributed by atoms with E-state index in [-0.39, 0.29) is 12.5 Å². The molecular formula is C18H22N2O3. The number of anilines is 2. The fourth-order valence-corrected chi connectivity index (χ4v) is 2.07. The summed E-state index contributed by atoms with van der Waals surface area (Å²) in [5.41, 5.74) is 1.75. The van der Waals surface area contributed by atoms with Gasteiger partial charge in [-0.15, -0.1) is 0 Å². The summed E-state index contributed by atoms with van der Waals surface area (Å²) in [6.45, 7) is 1.34. The molecule has 122 valence electrons. The second-order valence-corrected chi connectivity index (χ2v) is 5.11. The summed E-state index contributed by atoms with van der Waals surface area (Å²) in [4.78, 5) is 14.0. The van der Waals surface area contributed by atoms with Gasteiger partial charge in [-0.05, 0) is 36.4 Å². The van der Waals surface area contributed by atoms with Gasteiger partial charge in [0.2, 0.25) is 5.91 Å². The second-order valence-electron chi connectivity index (χ2n) is 5.11. The van der Waals surface area contributed by atoms with E-state index < -0.39 is 0 Å². The molecule has 0 aliphatic heterocycles. The Balaban J connectivity index is 1.83. The van der Waals surface area contributed by atoms with Crippen molar-refractivity contribution in [1.29, 1.82) is 0 Å². The molecular weight excluding hydrogens is 292 g/mol. The van der Waals surface area contributed by atoms with E-state index in [0.29, 0.717) is 13.2 Å². The lowest BCUT2D eigenvalue weighted by Crippen LogP contribution is -2.29. The minimum absolute atomic E-state index is 0.0654. The molecule has 1 amide bonds. The van der Waals surface area contributed by atoms with Crippen molar-refractivity contribution >= 4 is 17.3 Å². The number of amides is 1. The smallest absolute Gasteiger partial charge is 0.243 e. The van der Waals surface area contributed by atoms with Crippen molar-refractivity contribution < 1.29 is 14.3 Å². The number of methoxy groups -OCH3 is 1. The molecule has 0 fully saturated rings. The van der Waals surface area contributed by atoms with Gasteiger partial charge in [-0.2, -0.15) is 0 Å². The molecule has 0 heterocycles. The lowest BCUT2D eigenvalue weighted by Gasteiger charge is -2.18. The summed E-state index contributed by atoms with van der Waals surface area (Å²) in [5, 5.41) is 2.88. The van der Waals surface area contributed by atoms with Gasteiger partial charge in [0.25, 0.3) is 0 Å². The van der Waals surface area contributed by atoms with Crippen molar-refractivity contribution in [2.24, 2.45) is 0 Å². The first-order valence-electron chi connectivity index (χ1n) is 7.47. The molecule has 2 aromatic rings. The van der Waals surface area contributed by atoms with Gasteiger partial charge < -0.3 is 19.7 Å². The van der Waals surface area contributed by atoms with E-state index in [0.717, 1.165) is 17.1 Å². The Kier molecular flexibility index (Phi) is 6.44. The zero-order valence-corrected chi connectivity index (χ0v) is 13.5. The van der Waals surface area contributed by atoms with Crippen LogP contribution in [0.1, 0.15) is 0 Å². The molecule has 0 bridgehead atoms. The van der Waals surface area contributed by atoms with Gasteiger partial charge in [-0.1, -0.05) is 18.2 Å². The molecule has 0 unspecified atom stereocenters. The van der Waals surface area contributed by atoms with Crippen LogP contribution in [0.3, 0.4) is 0 Å². The van der Waals surface area contributed by atoms with Crippen LogP contribution in [-0.4, -0.2) is 39.8 Å². The average molecular weight is 314 g/mol. The lowest BCUT2D eigenvalue weighted by molar-refractivity contribution is -0.114. The van der Waals surface area contributed by atoms with E-state index in [4.69, 9.17) is 9.47 Å². The van der Waals surface area contributed by atoms with Gasteiger partial charge in [0.05, 0.1) is 13.2 Å². The molecule has 0 aliphatic carbocycles. The van der Waals surface area contributed by atoms with Crippen LogP contribution in [0, 0.1) is 0 Å². The maximum Gasteiger partial charge on any atom is 0.243 e. The van der Waals surface area contributed by atoms with Gasteiger partial charge in [0.1, 0.15) is 12.4 Å². The Bertz CT molecular complexity index is 599. The van der Waals surface area contributed by atoms with Crippen LogP contribution in [0.4, 0.5) is 11.4 Å². The Morgan fingerprint density at radius 1 is 1.04 bits per heavy atom. The van der Waals surface area contributed by atoms with Crippen molar-refractivity contribution in [2.45, 2.75) is 0 Å². The highest BCUT2D eigenvalue weighted by Crippen LogP contribution is 2.16. The molecule has 2 aromatic carbocycles. The summed E-state index contributed by atoms with van der Waals surface area (Å²) in [5.74, 6) is 0.686. The van der Waals surface area contributed by atoms with Crippen molar-refractivity contribution in [3.05, 3.63) is 54.6 Å². The Morgan fingerprint density at radius 2 is 1.74 bits per heavy atom. The first-order chi connectivity index (χ1) is 11.2. The molecule has 0 aliphatic rings. The molecule has 0 radical (unpaired) electrons. The number of nitrogens with one attached hydrogen (secondary N) is 1. The zero-order chi connectivity index (χ0) is 16.5. The van der Waals surface area contributed by atoms with Crippen LogP contribution < -0.4 is 15.0 Å². The number of ether oxygens (including phenoxy) is 2. The maximum atomic E-state index is 12.1. The molecule has 2 rings (SSSR count). The lowest BCUT2D eigenvalue weighted by atomic mass is 10.3. The van der Waals surface area contributed by atoms with Crippen molar-refractivity contribution in [1.82, 2.24) is 0 Å². The molecule has 0 spiro atoms. The van der Waals surface area contributed by atoms with Crippen LogP contribution in [0.5, 0.6) is 5.75 Å². The summed E-state index contributed by atoms with van der Waals surface area (Å²) >= 11 is 0. The Labute approximate surface area is 136 Å². The summed E-state index contributed by atoms with van der Waals surface area (Å²) < 4.78 is 10.4. The third-order valence-electron chi connectivity index (χ3n) is 3.27. The first kappa shape index (κ1) is 16.8. The van der Waals surface area contributed by atoms with Crippen molar-refractivity contribution in [2.75, 3.05) is 44.1 Å². The first-order valence-corrected chi connectivity index (χ1v) is 7.47. The zero-order valence-electron chi connectivity index (χ0n) is 13.5. The van der Waals surface area contributed by atoms with Gasteiger partial charge in [0, 0.05) is 25.5 Å².